The number of hydrogen-bond acceptors (Lipinski definition) is 0. The molecular formula is C9H18Cl2Mg. The van der Waals surface area contributed by atoms with Crippen molar-refractivity contribution in [3.8, 4) is 0 Å². The largest absolute Gasteiger partial charge is 2.00 e. The van der Waals surface area contributed by atoms with Crippen LogP contribution in [0.1, 0.15) is 51.9 Å². The molecule has 0 aliphatic heterocycles. The Morgan fingerprint density at radius 2 is 1.50 bits per heavy atom. The van der Waals surface area contributed by atoms with Crippen molar-refractivity contribution in [1.29, 1.82) is 0 Å². The fourth-order valence-electron chi connectivity index (χ4n) is 1.88. The van der Waals surface area contributed by atoms with Crippen LogP contribution in [-0.2, 0) is 0 Å². The number of halogens is 2. The minimum absolute atomic E-state index is 0. The Balaban J connectivity index is -0.000000270. The van der Waals surface area contributed by atoms with E-state index in [0.717, 1.165) is 5.92 Å². The van der Waals surface area contributed by atoms with E-state index in [-0.39, 0.29) is 47.9 Å². The van der Waals surface area contributed by atoms with Crippen LogP contribution in [0.3, 0.4) is 0 Å². The normalized spacial score (nSPS) is 16.8. The van der Waals surface area contributed by atoms with Gasteiger partial charge in [0.05, 0.1) is 0 Å². The second-order valence-electron chi connectivity index (χ2n) is 3.29. The zero-order chi connectivity index (χ0) is 6.53. The zero-order valence-corrected chi connectivity index (χ0v) is 10.9. The summed E-state index contributed by atoms with van der Waals surface area (Å²) in [6, 6.07) is 0. The van der Waals surface area contributed by atoms with Gasteiger partial charge in [-0.25, -0.2) is 0 Å². The van der Waals surface area contributed by atoms with E-state index in [1.54, 1.807) is 0 Å². The molecule has 1 saturated carbocycles. The van der Waals surface area contributed by atoms with Crippen molar-refractivity contribution in [1.82, 2.24) is 0 Å². The minimum atomic E-state index is 0. The van der Waals surface area contributed by atoms with E-state index in [1.807, 2.05) is 0 Å². The van der Waals surface area contributed by atoms with Crippen molar-refractivity contribution in [2.45, 2.75) is 51.9 Å². The van der Waals surface area contributed by atoms with Crippen LogP contribution in [0.15, 0.2) is 0 Å². The summed E-state index contributed by atoms with van der Waals surface area (Å²) in [4.78, 5) is 0. The van der Waals surface area contributed by atoms with Gasteiger partial charge < -0.3 is 24.8 Å². The van der Waals surface area contributed by atoms with Gasteiger partial charge in [-0.3, -0.25) is 0 Å². The molecule has 3 heteroatoms. The van der Waals surface area contributed by atoms with Crippen molar-refractivity contribution in [3.05, 3.63) is 0 Å². The standard InChI is InChI=1S/C9H18.2ClH.Mg/c1-2-6-9-7-4-3-5-8-9;;;/h9H,2-8H2,1H3;2*1H;/q;;;+2/p-2. The molecule has 0 aromatic heterocycles. The third-order valence-corrected chi connectivity index (χ3v) is 2.42. The van der Waals surface area contributed by atoms with Gasteiger partial charge in [0.15, 0.2) is 0 Å². The van der Waals surface area contributed by atoms with Crippen LogP contribution in [0.2, 0.25) is 0 Å². The molecule has 0 N–H and O–H groups in total. The molecule has 1 aliphatic rings. The SMILES string of the molecule is CCCC1CCCCC1.[Cl-].[Cl-].[Mg+2]. The first-order chi connectivity index (χ1) is 4.43. The molecule has 0 atom stereocenters. The Hall–Kier alpha value is 1.35. The smallest absolute Gasteiger partial charge is 1.00 e. The van der Waals surface area contributed by atoms with Gasteiger partial charge in [-0.1, -0.05) is 51.9 Å². The minimum Gasteiger partial charge on any atom is -1.00 e. The Kier molecular flexibility index (Phi) is 19.6. The third kappa shape index (κ3) is 7.97. The van der Waals surface area contributed by atoms with E-state index in [1.165, 1.54) is 44.9 Å². The molecule has 0 radical (unpaired) electrons. The first-order valence-electron chi connectivity index (χ1n) is 4.43. The predicted octanol–water partition coefficient (Wildman–Crippen LogP) is -3.01. The summed E-state index contributed by atoms with van der Waals surface area (Å²) in [6.45, 7) is 2.30. The summed E-state index contributed by atoms with van der Waals surface area (Å²) in [5, 5.41) is 0. The molecule has 1 rings (SSSR count). The predicted molar refractivity (Wildman–Crippen MR) is 47.2 cm³/mol. The van der Waals surface area contributed by atoms with Crippen molar-refractivity contribution >= 4 is 23.1 Å². The molecule has 0 bridgehead atoms. The van der Waals surface area contributed by atoms with Gasteiger partial charge in [-0.2, -0.15) is 0 Å². The Morgan fingerprint density at radius 3 is 1.92 bits per heavy atom. The van der Waals surface area contributed by atoms with E-state index in [4.69, 9.17) is 0 Å². The summed E-state index contributed by atoms with van der Waals surface area (Å²) in [7, 11) is 0. The maximum atomic E-state index is 2.30. The van der Waals surface area contributed by atoms with Gasteiger partial charge in [0.1, 0.15) is 0 Å². The van der Waals surface area contributed by atoms with Crippen molar-refractivity contribution < 1.29 is 24.8 Å². The fourth-order valence-corrected chi connectivity index (χ4v) is 1.88. The first kappa shape index (κ1) is 19.0. The maximum absolute atomic E-state index is 2.30. The summed E-state index contributed by atoms with van der Waals surface area (Å²) in [5.41, 5.74) is 0. The molecule has 12 heavy (non-hydrogen) atoms. The van der Waals surface area contributed by atoms with Gasteiger partial charge in [0.2, 0.25) is 0 Å². The molecule has 0 amide bonds. The average Bonchev–Trinajstić information content (AvgIpc) is 1.91. The molecule has 0 spiro atoms. The Labute approximate surface area is 105 Å². The zero-order valence-electron chi connectivity index (χ0n) is 7.99. The van der Waals surface area contributed by atoms with Crippen LogP contribution in [0.5, 0.6) is 0 Å². The fraction of sp³-hybridized carbons (Fsp3) is 1.00. The van der Waals surface area contributed by atoms with Crippen molar-refractivity contribution in [3.63, 3.8) is 0 Å². The monoisotopic (exact) mass is 220 g/mol. The number of rotatable bonds is 2. The molecule has 1 aliphatic carbocycles. The maximum Gasteiger partial charge on any atom is 2.00 e. The van der Waals surface area contributed by atoms with Gasteiger partial charge >= 0.3 is 23.1 Å². The topological polar surface area (TPSA) is 0 Å². The van der Waals surface area contributed by atoms with Gasteiger partial charge in [-0.05, 0) is 5.92 Å². The van der Waals surface area contributed by atoms with Crippen molar-refractivity contribution in [2.24, 2.45) is 5.92 Å². The molecule has 0 heterocycles. The number of hydrogen-bond donors (Lipinski definition) is 0. The second kappa shape index (κ2) is 12.3. The van der Waals surface area contributed by atoms with Crippen LogP contribution >= 0.6 is 0 Å². The molecule has 0 saturated heterocycles. The van der Waals surface area contributed by atoms with Crippen molar-refractivity contribution in [2.75, 3.05) is 0 Å². The second-order valence-corrected chi connectivity index (χ2v) is 3.29. The van der Waals surface area contributed by atoms with Crippen LogP contribution in [0.4, 0.5) is 0 Å². The summed E-state index contributed by atoms with van der Waals surface area (Å²) in [6.07, 6.45) is 10.4. The molecule has 0 unspecified atom stereocenters. The first-order valence-corrected chi connectivity index (χ1v) is 4.43. The third-order valence-electron chi connectivity index (χ3n) is 2.42. The summed E-state index contributed by atoms with van der Waals surface area (Å²) < 4.78 is 0. The molecule has 70 valence electrons. The van der Waals surface area contributed by atoms with E-state index < -0.39 is 0 Å². The van der Waals surface area contributed by atoms with Gasteiger partial charge in [0, 0.05) is 0 Å². The Bertz CT molecular complexity index is 70.2. The molecule has 0 aromatic rings. The molecule has 0 aromatic carbocycles. The van der Waals surface area contributed by atoms with Gasteiger partial charge in [0.25, 0.3) is 0 Å². The van der Waals surface area contributed by atoms with E-state index >= 15 is 0 Å². The van der Waals surface area contributed by atoms with Gasteiger partial charge in [-0.15, -0.1) is 0 Å². The summed E-state index contributed by atoms with van der Waals surface area (Å²) >= 11 is 0. The summed E-state index contributed by atoms with van der Waals surface area (Å²) in [5.74, 6) is 1.10. The molecule has 0 nitrogen and oxygen atoms in total. The quantitative estimate of drug-likeness (QED) is 0.436. The molecule has 1 fully saturated rings. The van der Waals surface area contributed by atoms with Crippen LogP contribution in [0, 0.1) is 5.92 Å². The van der Waals surface area contributed by atoms with E-state index in [2.05, 4.69) is 6.92 Å². The van der Waals surface area contributed by atoms with E-state index in [9.17, 15) is 0 Å². The molecular weight excluding hydrogens is 203 g/mol. The van der Waals surface area contributed by atoms with Crippen LogP contribution in [-0.4, -0.2) is 23.1 Å². The van der Waals surface area contributed by atoms with Crippen LogP contribution < -0.4 is 24.8 Å². The van der Waals surface area contributed by atoms with Crippen LogP contribution in [0.25, 0.3) is 0 Å². The van der Waals surface area contributed by atoms with E-state index in [0.29, 0.717) is 0 Å². The Morgan fingerprint density at radius 1 is 1.00 bits per heavy atom. The average molecular weight is 221 g/mol.